The summed E-state index contributed by atoms with van der Waals surface area (Å²) in [5.41, 5.74) is 0. The topological polar surface area (TPSA) is 49.4 Å². The Kier molecular flexibility index (Phi) is 5.06. The number of nitrogens with zero attached hydrogens (tertiary/aromatic N) is 1. The van der Waals surface area contributed by atoms with Gasteiger partial charge in [-0.1, -0.05) is 40.0 Å². The van der Waals surface area contributed by atoms with Crippen molar-refractivity contribution >= 4 is 11.8 Å². The van der Waals surface area contributed by atoms with E-state index in [4.69, 9.17) is 0 Å². The summed E-state index contributed by atoms with van der Waals surface area (Å²) in [6.45, 7) is 6.99. The molecule has 1 heterocycles. The van der Waals surface area contributed by atoms with Crippen molar-refractivity contribution < 1.29 is 9.59 Å². The summed E-state index contributed by atoms with van der Waals surface area (Å²) in [5.74, 6) is 1.03. The number of nitrogens with one attached hydrogen (secondary N) is 1. The molecule has 0 aromatic carbocycles. The average Bonchev–Trinajstić information content (AvgIpc) is 2.38. The van der Waals surface area contributed by atoms with Gasteiger partial charge in [0.2, 0.25) is 11.8 Å². The van der Waals surface area contributed by atoms with Gasteiger partial charge in [0.15, 0.2) is 0 Å². The SMILES string of the molecule is CCCC1NC(=O)C(C(C)CC)N(CC2CCC2)C1=O. The smallest absolute Gasteiger partial charge is 0.245 e. The van der Waals surface area contributed by atoms with Crippen molar-refractivity contribution in [3.8, 4) is 0 Å². The summed E-state index contributed by atoms with van der Waals surface area (Å²) in [6.07, 6.45) is 6.27. The van der Waals surface area contributed by atoms with E-state index in [0.717, 1.165) is 25.8 Å². The molecule has 2 fully saturated rings. The molecular formula is C16H28N2O2. The fourth-order valence-electron chi connectivity index (χ4n) is 3.23. The van der Waals surface area contributed by atoms with E-state index in [1.807, 2.05) is 4.90 Å². The molecule has 1 saturated heterocycles. The highest BCUT2D eigenvalue weighted by Crippen LogP contribution is 2.30. The zero-order chi connectivity index (χ0) is 14.7. The van der Waals surface area contributed by atoms with Crippen molar-refractivity contribution in [1.29, 1.82) is 0 Å². The van der Waals surface area contributed by atoms with Crippen molar-refractivity contribution in [3.05, 3.63) is 0 Å². The maximum absolute atomic E-state index is 12.7. The van der Waals surface area contributed by atoms with Gasteiger partial charge in [0, 0.05) is 6.54 Å². The molecular weight excluding hydrogens is 252 g/mol. The molecule has 0 aromatic heterocycles. The lowest BCUT2D eigenvalue weighted by Gasteiger charge is -2.44. The Balaban J connectivity index is 2.15. The van der Waals surface area contributed by atoms with Gasteiger partial charge >= 0.3 is 0 Å². The number of carbonyl (C=O) groups is 2. The number of rotatable bonds is 6. The lowest BCUT2D eigenvalue weighted by molar-refractivity contribution is -0.153. The molecule has 0 radical (unpaired) electrons. The fourth-order valence-corrected chi connectivity index (χ4v) is 3.23. The number of amides is 2. The zero-order valence-electron chi connectivity index (χ0n) is 13.0. The van der Waals surface area contributed by atoms with Crippen LogP contribution in [0.15, 0.2) is 0 Å². The van der Waals surface area contributed by atoms with Crippen LogP contribution in [0.1, 0.15) is 59.3 Å². The maximum atomic E-state index is 12.7. The van der Waals surface area contributed by atoms with E-state index >= 15 is 0 Å². The third-order valence-electron chi connectivity index (χ3n) is 4.94. The molecule has 20 heavy (non-hydrogen) atoms. The van der Waals surface area contributed by atoms with E-state index in [-0.39, 0.29) is 29.8 Å². The summed E-state index contributed by atoms with van der Waals surface area (Å²) in [6, 6.07) is -0.561. The van der Waals surface area contributed by atoms with Gasteiger partial charge < -0.3 is 10.2 Å². The van der Waals surface area contributed by atoms with E-state index < -0.39 is 0 Å². The first-order valence-corrected chi connectivity index (χ1v) is 8.19. The van der Waals surface area contributed by atoms with Crippen LogP contribution in [0, 0.1) is 11.8 Å². The average molecular weight is 280 g/mol. The standard InChI is InChI=1S/C16H28N2O2/c1-4-7-13-16(20)18(10-12-8-6-9-12)14(11(3)5-2)15(19)17-13/h11-14H,4-10H2,1-3H3,(H,17,19). The summed E-state index contributed by atoms with van der Waals surface area (Å²) in [4.78, 5) is 27.0. The summed E-state index contributed by atoms with van der Waals surface area (Å²) < 4.78 is 0. The van der Waals surface area contributed by atoms with Crippen molar-refractivity contribution in [2.24, 2.45) is 11.8 Å². The molecule has 114 valence electrons. The highest BCUT2D eigenvalue weighted by atomic mass is 16.2. The van der Waals surface area contributed by atoms with Gasteiger partial charge in [0.1, 0.15) is 12.1 Å². The molecule has 2 amide bonds. The largest absolute Gasteiger partial charge is 0.342 e. The third kappa shape index (κ3) is 2.99. The molecule has 0 aromatic rings. The first-order chi connectivity index (χ1) is 9.58. The Morgan fingerprint density at radius 2 is 2.00 bits per heavy atom. The molecule has 1 aliphatic carbocycles. The third-order valence-corrected chi connectivity index (χ3v) is 4.94. The van der Waals surface area contributed by atoms with E-state index in [1.54, 1.807) is 0 Å². The first kappa shape index (κ1) is 15.3. The molecule has 2 rings (SSSR count). The Labute approximate surface area is 122 Å². The van der Waals surface area contributed by atoms with E-state index in [2.05, 4.69) is 26.1 Å². The fraction of sp³-hybridized carbons (Fsp3) is 0.875. The molecule has 3 atom stereocenters. The van der Waals surface area contributed by atoms with Crippen molar-refractivity contribution in [1.82, 2.24) is 10.2 Å². The van der Waals surface area contributed by atoms with Gasteiger partial charge in [-0.05, 0) is 31.1 Å². The van der Waals surface area contributed by atoms with Gasteiger partial charge in [0.05, 0.1) is 0 Å². The van der Waals surface area contributed by atoms with E-state index in [1.165, 1.54) is 19.3 Å². The minimum absolute atomic E-state index is 0.0525. The second-order valence-corrected chi connectivity index (χ2v) is 6.47. The Bertz CT molecular complexity index is 365. The Hall–Kier alpha value is -1.06. The minimum Gasteiger partial charge on any atom is -0.342 e. The molecule has 0 spiro atoms. The lowest BCUT2D eigenvalue weighted by atomic mass is 9.83. The molecule has 1 saturated carbocycles. The summed E-state index contributed by atoms with van der Waals surface area (Å²) >= 11 is 0. The maximum Gasteiger partial charge on any atom is 0.245 e. The van der Waals surface area contributed by atoms with Crippen LogP contribution in [0.3, 0.4) is 0 Å². The molecule has 4 heteroatoms. The van der Waals surface area contributed by atoms with Gasteiger partial charge in [0.25, 0.3) is 0 Å². The van der Waals surface area contributed by atoms with Crippen molar-refractivity contribution in [3.63, 3.8) is 0 Å². The second-order valence-electron chi connectivity index (χ2n) is 6.47. The van der Waals surface area contributed by atoms with E-state index in [9.17, 15) is 9.59 Å². The monoisotopic (exact) mass is 280 g/mol. The van der Waals surface area contributed by atoms with Crippen LogP contribution < -0.4 is 5.32 Å². The van der Waals surface area contributed by atoms with E-state index in [0.29, 0.717) is 5.92 Å². The zero-order valence-corrected chi connectivity index (χ0v) is 13.0. The molecule has 1 aliphatic heterocycles. The van der Waals surface area contributed by atoms with Crippen molar-refractivity contribution in [2.75, 3.05) is 6.54 Å². The van der Waals surface area contributed by atoms with Crippen LogP contribution in [-0.4, -0.2) is 35.3 Å². The number of piperazine rings is 1. The molecule has 0 bridgehead atoms. The minimum atomic E-state index is -0.298. The molecule has 1 N–H and O–H groups in total. The molecule has 4 nitrogen and oxygen atoms in total. The van der Waals surface area contributed by atoms with Crippen LogP contribution in [-0.2, 0) is 9.59 Å². The van der Waals surface area contributed by atoms with Gasteiger partial charge in [-0.25, -0.2) is 0 Å². The van der Waals surface area contributed by atoms with Gasteiger partial charge in [-0.2, -0.15) is 0 Å². The Morgan fingerprint density at radius 1 is 1.30 bits per heavy atom. The summed E-state index contributed by atoms with van der Waals surface area (Å²) in [7, 11) is 0. The number of carbonyl (C=O) groups excluding carboxylic acids is 2. The van der Waals surface area contributed by atoms with Gasteiger partial charge in [-0.15, -0.1) is 0 Å². The first-order valence-electron chi connectivity index (χ1n) is 8.19. The molecule has 3 unspecified atom stereocenters. The predicted octanol–water partition coefficient (Wildman–Crippen LogP) is 2.33. The Morgan fingerprint density at radius 3 is 2.50 bits per heavy atom. The van der Waals surface area contributed by atoms with Crippen LogP contribution in [0.5, 0.6) is 0 Å². The number of hydrogen-bond acceptors (Lipinski definition) is 2. The highest BCUT2D eigenvalue weighted by Gasteiger charge is 2.43. The van der Waals surface area contributed by atoms with Crippen LogP contribution >= 0.6 is 0 Å². The van der Waals surface area contributed by atoms with Crippen LogP contribution in [0.4, 0.5) is 0 Å². The predicted molar refractivity (Wildman–Crippen MR) is 79.1 cm³/mol. The van der Waals surface area contributed by atoms with Crippen LogP contribution in [0.25, 0.3) is 0 Å². The second kappa shape index (κ2) is 6.59. The quantitative estimate of drug-likeness (QED) is 0.812. The molecule has 2 aliphatic rings. The van der Waals surface area contributed by atoms with Crippen LogP contribution in [0.2, 0.25) is 0 Å². The van der Waals surface area contributed by atoms with Crippen molar-refractivity contribution in [2.45, 2.75) is 71.4 Å². The number of hydrogen-bond donors (Lipinski definition) is 1. The summed E-state index contributed by atoms with van der Waals surface area (Å²) in [5, 5.41) is 2.94. The normalized spacial score (nSPS) is 29.1. The highest BCUT2D eigenvalue weighted by molar-refractivity contribution is 5.97. The lowest BCUT2D eigenvalue weighted by Crippen LogP contribution is -2.65. The van der Waals surface area contributed by atoms with Gasteiger partial charge in [-0.3, -0.25) is 9.59 Å².